The molecule has 1 amide bonds. The molecule has 0 spiro atoms. The van der Waals surface area contributed by atoms with Crippen LogP contribution in [0.3, 0.4) is 0 Å². The van der Waals surface area contributed by atoms with E-state index in [4.69, 9.17) is 9.76 Å². The molecule has 1 radical (unpaired) electrons. The number of hydrogen-bond acceptors (Lipinski definition) is 3. The van der Waals surface area contributed by atoms with E-state index < -0.39 is 0 Å². The first kappa shape index (κ1) is 16.1. The van der Waals surface area contributed by atoms with Crippen molar-refractivity contribution in [2.24, 2.45) is 0 Å². The van der Waals surface area contributed by atoms with Gasteiger partial charge < -0.3 is 14.7 Å². The molecule has 0 aliphatic rings. The summed E-state index contributed by atoms with van der Waals surface area (Å²) in [5, 5.41) is 8.88. The van der Waals surface area contributed by atoms with E-state index in [1.807, 2.05) is 54.6 Å². The van der Waals surface area contributed by atoms with E-state index in [1.165, 1.54) is 0 Å². The van der Waals surface area contributed by atoms with Crippen LogP contribution in [0.1, 0.15) is 11.1 Å². The first-order valence-corrected chi connectivity index (χ1v) is 7.17. The van der Waals surface area contributed by atoms with E-state index in [9.17, 15) is 4.79 Å². The van der Waals surface area contributed by atoms with Gasteiger partial charge in [-0.2, -0.15) is 0 Å². The molecule has 0 saturated carbocycles. The second-order valence-corrected chi connectivity index (χ2v) is 5.08. The maximum atomic E-state index is 11.9. The van der Waals surface area contributed by atoms with Gasteiger partial charge in [-0.05, 0) is 17.5 Å². The average molecular weight is 296 g/mol. The lowest BCUT2D eigenvalue weighted by molar-refractivity contribution is 0.105. The van der Waals surface area contributed by atoms with Crippen LogP contribution in [0.5, 0.6) is 0 Å². The van der Waals surface area contributed by atoms with Gasteiger partial charge in [-0.25, -0.2) is 4.79 Å². The van der Waals surface area contributed by atoms with Gasteiger partial charge in [0.1, 0.15) is 6.61 Å². The largest absolute Gasteiger partial charge is 0.450 e. The van der Waals surface area contributed by atoms with Gasteiger partial charge in [0, 0.05) is 13.6 Å². The van der Waals surface area contributed by atoms with Crippen molar-refractivity contribution in [1.82, 2.24) is 4.90 Å². The van der Waals surface area contributed by atoms with E-state index in [0.717, 1.165) is 30.5 Å². The Hall–Kier alpha value is -2.27. The molecule has 2 aromatic rings. The van der Waals surface area contributed by atoms with Crippen molar-refractivity contribution in [3.8, 4) is 0 Å². The highest BCUT2D eigenvalue weighted by Gasteiger charge is 2.10. The van der Waals surface area contributed by atoms with Crippen molar-refractivity contribution in [3.63, 3.8) is 0 Å². The van der Waals surface area contributed by atoms with E-state index in [-0.39, 0.29) is 12.7 Å². The topological polar surface area (TPSA) is 49.8 Å². The zero-order valence-corrected chi connectivity index (χ0v) is 12.6. The second-order valence-electron chi connectivity index (χ2n) is 5.08. The monoisotopic (exact) mass is 296 g/mol. The number of carbonyl (C=O) groups excluding carboxylic acids is 1. The number of benzene rings is 2. The fourth-order valence-corrected chi connectivity index (χ4v) is 1.99. The number of likely N-dealkylation sites (N-methyl/N-ethyl adjacent to an activating group) is 1. The molecule has 0 atom stereocenters. The Morgan fingerprint density at radius 2 is 1.77 bits per heavy atom. The Morgan fingerprint density at radius 3 is 2.41 bits per heavy atom. The summed E-state index contributed by atoms with van der Waals surface area (Å²) in [5.74, 6) is 0. The van der Waals surface area contributed by atoms with Gasteiger partial charge in [0.05, 0.1) is 0 Å². The van der Waals surface area contributed by atoms with Crippen LogP contribution < -0.4 is 5.46 Å². The van der Waals surface area contributed by atoms with Crippen LogP contribution in [0, 0.1) is 0 Å². The zero-order valence-electron chi connectivity index (χ0n) is 12.6. The van der Waals surface area contributed by atoms with Crippen LogP contribution in [0.2, 0.25) is 0 Å². The second kappa shape index (κ2) is 8.24. The summed E-state index contributed by atoms with van der Waals surface area (Å²) >= 11 is 0. The highest BCUT2D eigenvalue weighted by Crippen LogP contribution is 2.04. The maximum Gasteiger partial charge on any atom is 0.409 e. The number of amides is 1. The Labute approximate surface area is 131 Å². The molecule has 0 saturated heterocycles. The first-order chi connectivity index (χ1) is 10.7. The summed E-state index contributed by atoms with van der Waals surface area (Å²) in [6.07, 6.45) is 0.409. The fraction of sp³-hybridized carbons (Fsp3) is 0.235. The van der Waals surface area contributed by atoms with Crippen LogP contribution >= 0.6 is 0 Å². The third-order valence-electron chi connectivity index (χ3n) is 3.38. The number of carbonyl (C=O) groups is 1. The quantitative estimate of drug-likeness (QED) is 0.826. The van der Waals surface area contributed by atoms with Crippen LogP contribution in [-0.4, -0.2) is 37.1 Å². The summed E-state index contributed by atoms with van der Waals surface area (Å²) in [6.45, 7) is 0.862. The summed E-state index contributed by atoms with van der Waals surface area (Å²) in [5.41, 5.74) is 2.84. The molecule has 22 heavy (non-hydrogen) atoms. The van der Waals surface area contributed by atoms with Gasteiger partial charge in [-0.1, -0.05) is 60.1 Å². The van der Waals surface area contributed by atoms with Crippen molar-refractivity contribution in [2.45, 2.75) is 13.0 Å². The number of nitrogens with zero attached hydrogens (tertiary/aromatic N) is 1. The molecule has 4 nitrogen and oxygen atoms in total. The van der Waals surface area contributed by atoms with E-state index in [0.29, 0.717) is 6.54 Å². The molecule has 1 N–H and O–H groups in total. The third kappa shape index (κ3) is 4.93. The van der Waals surface area contributed by atoms with E-state index in [2.05, 4.69) is 0 Å². The van der Waals surface area contributed by atoms with Gasteiger partial charge >= 0.3 is 13.6 Å². The Bertz CT molecular complexity index is 587. The minimum atomic E-state index is -0.329. The lowest BCUT2D eigenvalue weighted by atomic mass is 9.88. The standard InChI is InChI=1S/C17H19BNO3/c1-19(12-11-14-7-9-16(18-21)10-8-14)17(20)22-13-15-5-3-2-4-6-15/h2-10,21H,11-13H2,1H3. The average Bonchev–Trinajstić information content (AvgIpc) is 2.58. The summed E-state index contributed by atoms with van der Waals surface area (Å²) in [4.78, 5) is 13.5. The SMILES string of the molecule is CN(CCc1ccc([B]O)cc1)C(=O)OCc1ccccc1. The molecule has 0 heterocycles. The number of hydrogen-bond donors (Lipinski definition) is 1. The smallest absolute Gasteiger partial charge is 0.409 e. The predicted octanol–water partition coefficient (Wildman–Crippen LogP) is 1.73. The van der Waals surface area contributed by atoms with Crippen molar-refractivity contribution < 1.29 is 14.6 Å². The van der Waals surface area contributed by atoms with Crippen LogP contribution in [0.25, 0.3) is 0 Å². The molecule has 0 aromatic heterocycles. The zero-order chi connectivity index (χ0) is 15.8. The van der Waals surface area contributed by atoms with Crippen LogP contribution in [0.15, 0.2) is 54.6 Å². The minimum Gasteiger partial charge on any atom is -0.450 e. The molecule has 0 aliphatic heterocycles. The third-order valence-corrected chi connectivity index (χ3v) is 3.38. The van der Waals surface area contributed by atoms with E-state index in [1.54, 1.807) is 11.9 Å². The molecule has 0 unspecified atom stereocenters. The van der Waals surface area contributed by atoms with Crippen LogP contribution in [0.4, 0.5) is 4.79 Å². The normalized spacial score (nSPS) is 10.1. The molecule has 113 valence electrons. The highest BCUT2D eigenvalue weighted by atomic mass is 16.6. The van der Waals surface area contributed by atoms with Gasteiger partial charge in [0.25, 0.3) is 0 Å². The maximum absolute atomic E-state index is 11.9. The summed E-state index contributed by atoms with van der Waals surface area (Å²) < 4.78 is 5.26. The number of rotatable bonds is 6. The van der Waals surface area contributed by atoms with Gasteiger partial charge in [0.15, 0.2) is 0 Å². The van der Waals surface area contributed by atoms with Crippen molar-refractivity contribution in [3.05, 3.63) is 65.7 Å². The molecule has 0 aliphatic carbocycles. The molecular weight excluding hydrogens is 277 g/mol. The number of ether oxygens (including phenoxy) is 1. The lowest BCUT2D eigenvalue weighted by Gasteiger charge is -2.17. The molecular formula is C17H19BNO3. The summed E-state index contributed by atoms with van der Waals surface area (Å²) in [6, 6.07) is 17.2. The fourth-order valence-electron chi connectivity index (χ4n) is 1.99. The molecule has 0 bridgehead atoms. The lowest BCUT2D eigenvalue weighted by Crippen LogP contribution is -2.29. The van der Waals surface area contributed by atoms with Crippen molar-refractivity contribution in [1.29, 1.82) is 0 Å². The Morgan fingerprint density at radius 1 is 1.09 bits per heavy atom. The summed E-state index contributed by atoms with van der Waals surface area (Å²) in [7, 11) is 2.79. The Balaban J connectivity index is 1.76. The van der Waals surface area contributed by atoms with Crippen molar-refractivity contribution >= 4 is 19.0 Å². The molecule has 5 heteroatoms. The van der Waals surface area contributed by atoms with E-state index >= 15 is 0 Å². The molecule has 0 fully saturated rings. The highest BCUT2D eigenvalue weighted by molar-refractivity contribution is 6.45. The van der Waals surface area contributed by atoms with Crippen LogP contribution in [-0.2, 0) is 17.8 Å². The first-order valence-electron chi connectivity index (χ1n) is 7.17. The van der Waals surface area contributed by atoms with Gasteiger partial charge in [0.2, 0.25) is 0 Å². The van der Waals surface area contributed by atoms with Gasteiger partial charge in [-0.15, -0.1) is 0 Å². The Kier molecular flexibility index (Phi) is 6.04. The van der Waals surface area contributed by atoms with Crippen molar-refractivity contribution in [2.75, 3.05) is 13.6 Å². The van der Waals surface area contributed by atoms with Gasteiger partial charge in [-0.3, -0.25) is 0 Å². The minimum absolute atomic E-state index is 0.283. The predicted molar refractivity (Wildman–Crippen MR) is 87.0 cm³/mol. The molecule has 2 rings (SSSR count). The molecule has 2 aromatic carbocycles.